The molecule has 0 bridgehead atoms. The molecule has 0 radical (unpaired) electrons. The van der Waals surface area contributed by atoms with E-state index in [1.54, 1.807) is 0 Å². The van der Waals surface area contributed by atoms with Gasteiger partial charge in [0.2, 0.25) is 5.91 Å². The molecular formula is C15H19N5O2. The Labute approximate surface area is 128 Å². The zero-order chi connectivity index (χ0) is 15.2. The Morgan fingerprint density at radius 3 is 2.95 bits per heavy atom. The van der Waals surface area contributed by atoms with Crippen molar-refractivity contribution in [3.05, 3.63) is 42.2 Å². The van der Waals surface area contributed by atoms with Crippen LogP contribution in [0.15, 0.2) is 36.7 Å². The first-order valence-electron chi connectivity index (χ1n) is 7.48. The molecule has 7 nitrogen and oxygen atoms in total. The maximum atomic E-state index is 12.5. The molecule has 0 spiro atoms. The molecule has 1 N–H and O–H groups in total. The first-order valence-corrected chi connectivity index (χ1v) is 7.48. The highest BCUT2D eigenvalue weighted by molar-refractivity contribution is 5.80. The molecular weight excluding hydrogens is 282 g/mol. The number of aromatic nitrogens is 4. The molecule has 1 aromatic carbocycles. The van der Waals surface area contributed by atoms with Crippen molar-refractivity contribution in [1.82, 2.24) is 25.5 Å². The SMILES string of the molecule is O=C(NC[C@@H]1CCCO1)[C@H](Cc1ccccc1)n1cnnn1. The summed E-state index contributed by atoms with van der Waals surface area (Å²) in [6.45, 7) is 1.31. The Bertz CT molecular complexity index is 581. The molecule has 3 rings (SSSR count). The fourth-order valence-electron chi connectivity index (χ4n) is 2.59. The number of nitrogens with zero attached hydrogens (tertiary/aromatic N) is 4. The lowest BCUT2D eigenvalue weighted by atomic mass is 10.1. The van der Waals surface area contributed by atoms with E-state index in [0.29, 0.717) is 13.0 Å². The normalized spacial score (nSPS) is 19.0. The third kappa shape index (κ3) is 3.67. The largest absolute Gasteiger partial charge is 0.376 e. The maximum absolute atomic E-state index is 12.5. The summed E-state index contributed by atoms with van der Waals surface area (Å²) in [5, 5.41) is 14.1. The van der Waals surface area contributed by atoms with Gasteiger partial charge in [-0.05, 0) is 28.8 Å². The van der Waals surface area contributed by atoms with E-state index < -0.39 is 6.04 Å². The number of tetrazole rings is 1. The van der Waals surface area contributed by atoms with Crippen molar-refractivity contribution in [1.29, 1.82) is 0 Å². The van der Waals surface area contributed by atoms with Crippen molar-refractivity contribution >= 4 is 5.91 Å². The predicted octanol–water partition coefficient (Wildman–Crippen LogP) is 0.752. The van der Waals surface area contributed by atoms with Gasteiger partial charge in [0.05, 0.1) is 6.10 Å². The first-order chi connectivity index (χ1) is 10.8. The molecule has 2 heterocycles. The average Bonchev–Trinajstić information content (AvgIpc) is 3.24. The highest BCUT2D eigenvalue weighted by atomic mass is 16.5. The van der Waals surface area contributed by atoms with Gasteiger partial charge in [-0.2, -0.15) is 0 Å². The summed E-state index contributed by atoms with van der Waals surface area (Å²) in [5.74, 6) is -0.0911. The van der Waals surface area contributed by atoms with Crippen LogP contribution in [0.4, 0.5) is 0 Å². The molecule has 1 aromatic heterocycles. The number of ether oxygens (including phenoxy) is 1. The van der Waals surface area contributed by atoms with Crippen LogP contribution >= 0.6 is 0 Å². The van der Waals surface area contributed by atoms with E-state index in [0.717, 1.165) is 25.0 Å². The van der Waals surface area contributed by atoms with Crippen LogP contribution < -0.4 is 5.32 Å². The summed E-state index contributed by atoms with van der Waals surface area (Å²) in [6, 6.07) is 9.38. The van der Waals surface area contributed by atoms with Gasteiger partial charge in [-0.1, -0.05) is 30.3 Å². The number of hydrogen-bond donors (Lipinski definition) is 1. The second kappa shape index (κ2) is 7.13. The minimum absolute atomic E-state index is 0.0911. The van der Waals surface area contributed by atoms with Crippen LogP contribution in [0.3, 0.4) is 0 Å². The van der Waals surface area contributed by atoms with Crippen LogP contribution in [0.5, 0.6) is 0 Å². The number of carbonyl (C=O) groups excluding carboxylic acids is 1. The smallest absolute Gasteiger partial charge is 0.245 e. The molecule has 2 aromatic rings. The second-order valence-electron chi connectivity index (χ2n) is 5.38. The zero-order valence-electron chi connectivity index (χ0n) is 12.3. The standard InChI is InChI=1S/C15H19N5O2/c21-15(16-10-13-7-4-8-22-13)14(20-11-17-18-19-20)9-12-5-2-1-3-6-12/h1-3,5-6,11,13-14H,4,7-10H2,(H,16,21)/t13-,14-/m0/s1. The molecule has 1 amide bonds. The van der Waals surface area contributed by atoms with Crippen LogP contribution in [0.1, 0.15) is 24.4 Å². The van der Waals surface area contributed by atoms with Crippen LogP contribution in [-0.4, -0.2) is 45.4 Å². The Hall–Kier alpha value is -2.28. The van der Waals surface area contributed by atoms with Gasteiger partial charge < -0.3 is 10.1 Å². The molecule has 0 aliphatic carbocycles. The van der Waals surface area contributed by atoms with Gasteiger partial charge in [-0.3, -0.25) is 4.79 Å². The van der Waals surface area contributed by atoms with Gasteiger partial charge in [0, 0.05) is 19.6 Å². The third-order valence-corrected chi connectivity index (χ3v) is 3.79. The molecule has 116 valence electrons. The van der Waals surface area contributed by atoms with Gasteiger partial charge >= 0.3 is 0 Å². The number of nitrogens with one attached hydrogen (secondary N) is 1. The fraction of sp³-hybridized carbons (Fsp3) is 0.467. The Kier molecular flexibility index (Phi) is 4.75. The lowest BCUT2D eigenvalue weighted by molar-refractivity contribution is -0.125. The van der Waals surface area contributed by atoms with E-state index in [9.17, 15) is 4.79 Å². The fourth-order valence-corrected chi connectivity index (χ4v) is 2.59. The predicted molar refractivity (Wildman–Crippen MR) is 79.0 cm³/mol. The van der Waals surface area contributed by atoms with E-state index in [2.05, 4.69) is 20.8 Å². The maximum Gasteiger partial charge on any atom is 0.245 e. The van der Waals surface area contributed by atoms with Crippen LogP contribution in [-0.2, 0) is 16.0 Å². The second-order valence-corrected chi connectivity index (χ2v) is 5.38. The van der Waals surface area contributed by atoms with E-state index in [1.807, 2.05) is 30.3 Å². The Balaban J connectivity index is 1.66. The molecule has 1 fully saturated rings. The molecule has 7 heteroatoms. The van der Waals surface area contributed by atoms with E-state index >= 15 is 0 Å². The number of carbonyl (C=O) groups is 1. The number of amides is 1. The quantitative estimate of drug-likeness (QED) is 0.851. The zero-order valence-corrected chi connectivity index (χ0v) is 12.3. The van der Waals surface area contributed by atoms with Gasteiger partial charge in [0.25, 0.3) is 0 Å². The molecule has 1 saturated heterocycles. The number of benzene rings is 1. The van der Waals surface area contributed by atoms with Crippen LogP contribution in [0.2, 0.25) is 0 Å². The topological polar surface area (TPSA) is 81.9 Å². The summed E-state index contributed by atoms with van der Waals surface area (Å²) in [6.07, 6.45) is 4.19. The molecule has 22 heavy (non-hydrogen) atoms. The van der Waals surface area contributed by atoms with Gasteiger partial charge in [0.1, 0.15) is 12.4 Å². The summed E-state index contributed by atoms with van der Waals surface area (Å²) >= 11 is 0. The first kappa shape index (κ1) is 14.6. The summed E-state index contributed by atoms with van der Waals surface area (Å²) < 4.78 is 7.03. The molecule has 1 aliphatic rings. The Morgan fingerprint density at radius 1 is 1.41 bits per heavy atom. The molecule has 0 unspecified atom stereocenters. The van der Waals surface area contributed by atoms with Crippen molar-refractivity contribution in [2.24, 2.45) is 0 Å². The average molecular weight is 301 g/mol. The minimum atomic E-state index is -0.459. The molecule has 1 aliphatic heterocycles. The lowest BCUT2D eigenvalue weighted by Crippen LogP contribution is -2.38. The van der Waals surface area contributed by atoms with Crippen molar-refractivity contribution in [3.63, 3.8) is 0 Å². The number of rotatable bonds is 6. The lowest BCUT2D eigenvalue weighted by Gasteiger charge is -2.18. The van der Waals surface area contributed by atoms with Crippen LogP contribution in [0.25, 0.3) is 0 Å². The highest BCUT2D eigenvalue weighted by Crippen LogP contribution is 2.14. The van der Waals surface area contributed by atoms with E-state index in [4.69, 9.17) is 4.74 Å². The van der Waals surface area contributed by atoms with Gasteiger partial charge in [0.15, 0.2) is 0 Å². The summed E-state index contributed by atoms with van der Waals surface area (Å²) in [5.41, 5.74) is 1.07. The molecule has 2 atom stereocenters. The Morgan fingerprint density at radius 2 is 2.27 bits per heavy atom. The van der Waals surface area contributed by atoms with Crippen molar-refractivity contribution in [2.75, 3.05) is 13.2 Å². The summed E-state index contributed by atoms with van der Waals surface area (Å²) in [4.78, 5) is 12.5. The van der Waals surface area contributed by atoms with Crippen molar-refractivity contribution in [2.45, 2.75) is 31.4 Å². The van der Waals surface area contributed by atoms with Crippen molar-refractivity contribution in [3.8, 4) is 0 Å². The van der Waals surface area contributed by atoms with Gasteiger partial charge in [-0.15, -0.1) is 5.10 Å². The van der Waals surface area contributed by atoms with Crippen LogP contribution in [0, 0.1) is 0 Å². The van der Waals surface area contributed by atoms with Crippen molar-refractivity contribution < 1.29 is 9.53 Å². The van der Waals surface area contributed by atoms with E-state index in [-0.39, 0.29) is 12.0 Å². The number of hydrogen-bond acceptors (Lipinski definition) is 5. The minimum Gasteiger partial charge on any atom is -0.376 e. The highest BCUT2D eigenvalue weighted by Gasteiger charge is 2.24. The monoisotopic (exact) mass is 301 g/mol. The van der Waals surface area contributed by atoms with E-state index in [1.165, 1.54) is 11.0 Å². The molecule has 0 saturated carbocycles. The summed E-state index contributed by atoms with van der Waals surface area (Å²) in [7, 11) is 0. The van der Waals surface area contributed by atoms with Gasteiger partial charge in [-0.25, -0.2) is 4.68 Å². The third-order valence-electron chi connectivity index (χ3n) is 3.79.